The highest BCUT2D eigenvalue weighted by Crippen LogP contribution is 2.18. The van der Waals surface area contributed by atoms with E-state index in [-0.39, 0.29) is 23.4 Å². The Bertz CT molecular complexity index is 777. The van der Waals surface area contributed by atoms with Crippen molar-refractivity contribution in [3.8, 4) is 0 Å². The lowest BCUT2D eigenvalue weighted by atomic mass is 10.2. The van der Waals surface area contributed by atoms with Gasteiger partial charge in [0.15, 0.2) is 0 Å². The zero-order valence-corrected chi connectivity index (χ0v) is 14.0. The molecule has 24 heavy (non-hydrogen) atoms. The van der Waals surface area contributed by atoms with E-state index in [4.69, 9.17) is 4.42 Å². The lowest BCUT2D eigenvalue weighted by Crippen LogP contribution is -2.32. The van der Waals surface area contributed by atoms with Crippen LogP contribution in [0.3, 0.4) is 0 Å². The Hall–Kier alpha value is -2.12. The lowest BCUT2D eigenvalue weighted by molar-refractivity contribution is 0.0938. The Kier molecular flexibility index (Phi) is 5.01. The molecule has 0 unspecified atom stereocenters. The van der Waals surface area contributed by atoms with Gasteiger partial charge in [-0.05, 0) is 49.2 Å². The number of sulfonamides is 1. The maximum atomic E-state index is 12.2. The first-order valence-corrected chi connectivity index (χ1v) is 9.46. The number of carbonyl (C=O) groups excluding carboxylic acids is 1. The van der Waals surface area contributed by atoms with Gasteiger partial charge >= 0.3 is 0 Å². The second-order valence-electron chi connectivity index (χ2n) is 5.88. The summed E-state index contributed by atoms with van der Waals surface area (Å²) >= 11 is 0. The minimum atomic E-state index is -3.64. The molecule has 1 aromatic carbocycles. The number of nitrogens with one attached hydrogen (secondary N) is 2. The first kappa shape index (κ1) is 16.7. The quantitative estimate of drug-likeness (QED) is 0.839. The van der Waals surface area contributed by atoms with E-state index in [1.165, 1.54) is 30.5 Å². The van der Waals surface area contributed by atoms with E-state index in [0.29, 0.717) is 11.3 Å². The third-order valence-corrected chi connectivity index (χ3v) is 5.55. The van der Waals surface area contributed by atoms with Crippen LogP contribution in [0.25, 0.3) is 0 Å². The van der Waals surface area contributed by atoms with Crippen molar-refractivity contribution in [3.63, 3.8) is 0 Å². The van der Waals surface area contributed by atoms with Gasteiger partial charge in [0.1, 0.15) is 5.76 Å². The number of amides is 1. The van der Waals surface area contributed by atoms with Gasteiger partial charge in [0, 0.05) is 11.6 Å². The molecule has 0 bridgehead atoms. The van der Waals surface area contributed by atoms with Gasteiger partial charge in [0.05, 0.1) is 17.7 Å². The number of benzene rings is 1. The van der Waals surface area contributed by atoms with Crippen molar-refractivity contribution in [2.24, 2.45) is 0 Å². The molecule has 2 N–H and O–H groups in total. The van der Waals surface area contributed by atoms with E-state index >= 15 is 0 Å². The van der Waals surface area contributed by atoms with Gasteiger partial charge in [-0.25, -0.2) is 13.1 Å². The second-order valence-corrected chi connectivity index (χ2v) is 7.65. The third-order valence-electron chi connectivity index (χ3n) is 4.13. The molecule has 1 saturated carbocycles. The summed E-state index contributed by atoms with van der Waals surface area (Å²) in [6.07, 6.45) is 5.79. The largest absolute Gasteiger partial charge is 0.468 e. The molecule has 1 aliphatic rings. The molecule has 0 spiro atoms. The molecule has 2 aromatic rings. The molecular formula is C17H20N2O4S. The molecule has 7 heteroatoms. The Morgan fingerprint density at radius 1 is 1.12 bits per heavy atom. The molecule has 6 nitrogen and oxygen atoms in total. The molecule has 0 radical (unpaired) electrons. The van der Waals surface area contributed by atoms with Crippen molar-refractivity contribution in [3.05, 3.63) is 54.0 Å². The van der Waals surface area contributed by atoms with Crippen molar-refractivity contribution in [1.29, 1.82) is 0 Å². The van der Waals surface area contributed by atoms with Crippen LogP contribution in [0, 0.1) is 0 Å². The predicted molar refractivity (Wildman–Crippen MR) is 88.9 cm³/mol. The molecule has 1 aliphatic carbocycles. The van der Waals surface area contributed by atoms with Crippen LogP contribution in [0.4, 0.5) is 0 Å². The fraction of sp³-hybridized carbons (Fsp3) is 0.353. The molecule has 3 rings (SSSR count). The summed E-state index contributed by atoms with van der Waals surface area (Å²) in [5, 5.41) is 2.98. The van der Waals surface area contributed by atoms with E-state index in [9.17, 15) is 13.2 Å². The molecule has 1 aromatic heterocycles. The van der Waals surface area contributed by atoms with Crippen LogP contribution >= 0.6 is 0 Å². The average molecular weight is 348 g/mol. The SMILES string of the molecule is O=C(NC1CCCC1)c1ccc(S(=O)(=O)NCc2ccco2)cc1. The van der Waals surface area contributed by atoms with Gasteiger partial charge in [0.2, 0.25) is 10.0 Å². The van der Waals surface area contributed by atoms with Crippen molar-refractivity contribution in [1.82, 2.24) is 10.0 Å². The van der Waals surface area contributed by atoms with Gasteiger partial charge in [-0.15, -0.1) is 0 Å². The van der Waals surface area contributed by atoms with Crippen molar-refractivity contribution in [2.45, 2.75) is 43.2 Å². The van der Waals surface area contributed by atoms with Gasteiger partial charge < -0.3 is 9.73 Å². The van der Waals surface area contributed by atoms with Gasteiger partial charge in [0.25, 0.3) is 5.91 Å². The summed E-state index contributed by atoms with van der Waals surface area (Å²) in [7, 11) is -3.64. The Morgan fingerprint density at radius 3 is 2.46 bits per heavy atom. The molecule has 0 aliphatic heterocycles. The number of rotatable bonds is 6. The monoisotopic (exact) mass is 348 g/mol. The first-order valence-electron chi connectivity index (χ1n) is 7.97. The molecule has 1 fully saturated rings. The van der Waals surface area contributed by atoms with Gasteiger partial charge in [-0.3, -0.25) is 4.79 Å². The number of carbonyl (C=O) groups is 1. The van der Waals surface area contributed by atoms with Crippen LogP contribution in [0.2, 0.25) is 0 Å². The van der Waals surface area contributed by atoms with Gasteiger partial charge in [-0.2, -0.15) is 0 Å². The highest BCUT2D eigenvalue weighted by molar-refractivity contribution is 7.89. The van der Waals surface area contributed by atoms with Crippen molar-refractivity contribution in [2.75, 3.05) is 0 Å². The summed E-state index contributed by atoms with van der Waals surface area (Å²) in [5.74, 6) is 0.375. The molecule has 128 valence electrons. The van der Waals surface area contributed by atoms with Crippen LogP contribution in [-0.4, -0.2) is 20.4 Å². The fourth-order valence-electron chi connectivity index (χ4n) is 2.79. The number of hydrogen-bond donors (Lipinski definition) is 2. The Balaban J connectivity index is 1.63. The van der Waals surface area contributed by atoms with Gasteiger partial charge in [-0.1, -0.05) is 12.8 Å². The highest BCUT2D eigenvalue weighted by atomic mass is 32.2. The summed E-state index contributed by atoms with van der Waals surface area (Å²) in [4.78, 5) is 12.3. The summed E-state index contributed by atoms with van der Waals surface area (Å²) < 4.78 is 32.0. The van der Waals surface area contributed by atoms with Crippen LogP contribution in [0.1, 0.15) is 41.8 Å². The first-order chi connectivity index (χ1) is 11.5. The standard InChI is InChI=1S/C17H20N2O4S/c20-17(19-14-4-1-2-5-14)13-7-9-16(10-8-13)24(21,22)18-12-15-6-3-11-23-15/h3,6-11,14,18H,1-2,4-5,12H2,(H,19,20). The van der Waals surface area contributed by atoms with Crippen LogP contribution in [-0.2, 0) is 16.6 Å². The zero-order valence-electron chi connectivity index (χ0n) is 13.2. The topological polar surface area (TPSA) is 88.4 Å². The minimum absolute atomic E-state index is 0.0826. The minimum Gasteiger partial charge on any atom is -0.468 e. The normalized spacial score (nSPS) is 15.5. The maximum Gasteiger partial charge on any atom is 0.251 e. The molecule has 1 amide bonds. The van der Waals surface area contributed by atoms with Crippen LogP contribution in [0.15, 0.2) is 52.0 Å². The van der Waals surface area contributed by atoms with E-state index in [2.05, 4.69) is 10.0 Å². The molecule has 1 heterocycles. The van der Waals surface area contributed by atoms with E-state index in [1.807, 2.05) is 0 Å². The molecular weight excluding hydrogens is 328 g/mol. The van der Waals surface area contributed by atoms with Crippen molar-refractivity contribution >= 4 is 15.9 Å². The lowest BCUT2D eigenvalue weighted by Gasteiger charge is -2.12. The average Bonchev–Trinajstić information content (AvgIpc) is 3.27. The highest BCUT2D eigenvalue weighted by Gasteiger charge is 2.19. The van der Waals surface area contributed by atoms with E-state index in [0.717, 1.165) is 25.7 Å². The Labute approximate surface area is 141 Å². The van der Waals surface area contributed by atoms with Crippen molar-refractivity contribution < 1.29 is 17.6 Å². The zero-order chi connectivity index (χ0) is 17.0. The van der Waals surface area contributed by atoms with E-state index < -0.39 is 10.0 Å². The predicted octanol–water partition coefficient (Wildman–Crippen LogP) is 2.43. The molecule has 0 saturated heterocycles. The third kappa shape index (κ3) is 4.04. The second kappa shape index (κ2) is 7.19. The fourth-order valence-corrected chi connectivity index (χ4v) is 3.78. The number of hydrogen-bond acceptors (Lipinski definition) is 4. The maximum absolute atomic E-state index is 12.2. The number of furan rings is 1. The smallest absolute Gasteiger partial charge is 0.251 e. The summed E-state index contributed by atoms with van der Waals surface area (Å²) in [5.41, 5.74) is 0.465. The van der Waals surface area contributed by atoms with E-state index in [1.54, 1.807) is 12.1 Å². The van der Waals surface area contributed by atoms with Crippen LogP contribution < -0.4 is 10.0 Å². The van der Waals surface area contributed by atoms with Crippen LogP contribution in [0.5, 0.6) is 0 Å². The Morgan fingerprint density at radius 2 is 1.83 bits per heavy atom. The summed E-state index contributed by atoms with van der Waals surface area (Å²) in [6, 6.07) is 9.57. The molecule has 0 atom stereocenters. The summed E-state index contributed by atoms with van der Waals surface area (Å²) in [6.45, 7) is 0.0826.